The van der Waals surface area contributed by atoms with Gasteiger partial charge >= 0.3 is 0 Å². The van der Waals surface area contributed by atoms with Crippen LogP contribution in [-0.2, 0) is 27.1 Å². The zero-order valence-electron chi connectivity index (χ0n) is 15.6. The number of hydrogen-bond donors (Lipinski definition) is 2. The van der Waals surface area contributed by atoms with Crippen molar-refractivity contribution in [1.82, 2.24) is 14.9 Å². The summed E-state index contributed by atoms with van der Waals surface area (Å²) in [5.41, 5.74) is 1.09. The summed E-state index contributed by atoms with van der Waals surface area (Å²) in [6, 6.07) is 6.74. The molecule has 0 fully saturated rings. The molecule has 2 heterocycles. The number of aromatic nitrogens is 3. The molecular weight excluding hydrogens is 406 g/mol. The van der Waals surface area contributed by atoms with Crippen molar-refractivity contribution in [3.8, 4) is 0 Å². The first-order valence-corrected chi connectivity index (χ1v) is 11.1. The summed E-state index contributed by atoms with van der Waals surface area (Å²) in [5.74, 6) is 0.522. The van der Waals surface area contributed by atoms with Gasteiger partial charge in [0.1, 0.15) is 10.7 Å². The second kappa shape index (κ2) is 6.95. The van der Waals surface area contributed by atoms with Crippen LogP contribution in [0, 0.1) is 20.8 Å². The summed E-state index contributed by atoms with van der Waals surface area (Å²) in [7, 11) is -6.10. The Kier molecular flexibility index (Phi) is 4.93. The highest BCUT2D eigenvalue weighted by molar-refractivity contribution is 7.93. The second-order valence-electron chi connectivity index (χ2n) is 6.18. The minimum absolute atomic E-state index is 0.0511. The van der Waals surface area contributed by atoms with Gasteiger partial charge in [0.25, 0.3) is 20.0 Å². The molecule has 0 atom stereocenters. The van der Waals surface area contributed by atoms with Gasteiger partial charge in [-0.05, 0) is 45.0 Å². The zero-order valence-corrected chi connectivity index (χ0v) is 17.2. The van der Waals surface area contributed by atoms with Crippen molar-refractivity contribution >= 4 is 31.6 Å². The predicted molar refractivity (Wildman–Crippen MR) is 102 cm³/mol. The average molecular weight is 425 g/mol. The first kappa shape index (κ1) is 19.9. The molecule has 0 aliphatic carbocycles. The number of rotatable bonds is 6. The van der Waals surface area contributed by atoms with Crippen LogP contribution in [0.3, 0.4) is 0 Å². The first-order valence-electron chi connectivity index (χ1n) is 8.09. The van der Waals surface area contributed by atoms with E-state index in [2.05, 4.69) is 19.7 Å². The fourth-order valence-corrected chi connectivity index (χ4v) is 5.15. The topological polar surface area (TPSA) is 136 Å². The van der Waals surface area contributed by atoms with Crippen LogP contribution in [0.5, 0.6) is 0 Å². The normalized spacial score (nSPS) is 12.1. The van der Waals surface area contributed by atoms with Gasteiger partial charge < -0.3 is 4.52 Å². The number of aryl methyl sites for hydroxylation is 3. The molecule has 2 aromatic heterocycles. The predicted octanol–water partition coefficient (Wildman–Crippen LogP) is 1.93. The minimum Gasteiger partial charge on any atom is -0.360 e. The Hall–Kier alpha value is -2.86. The maximum atomic E-state index is 12.7. The summed E-state index contributed by atoms with van der Waals surface area (Å²) in [5, 5.41) is 7.68. The smallest absolute Gasteiger partial charge is 0.265 e. The lowest BCUT2D eigenvalue weighted by atomic mass is 10.3. The molecule has 0 saturated heterocycles. The molecule has 0 spiro atoms. The molecule has 12 heteroatoms. The second-order valence-corrected chi connectivity index (χ2v) is 9.48. The Morgan fingerprint density at radius 1 is 0.964 bits per heavy atom. The van der Waals surface area contributed by atoms with Crippen molar-refractivity contribution in [1.29, 1.82) is 0 Å². The summed E-state index contributed by atoms with van der Waals surface area (Å²) in [4.78, 5) is 0.0413. The molecule has 0 aliphatic heterocycles. The molecule has 3 aromatic rings. The van der Waals surface area contributed by atoms with Crippen molar-refractivity contribution in [2.24, 2.45) is 7.05 Å². The lowest BCUT2D eigenvalue weighted by Gasteiger charge is -2.10. The van der Waals surface area contributed by atoms with E-state index in [1.807, 2.05) is 0 Å². The lowest BCUT2D eigenvalue weighted by molar-refractivity contribution is 0.400. The Morgan fingerprint density at radius 3 is 2.11 bits per heavy atom. The first-order chi connectivity index (χ1) is 13.0. The van der Waals surface area contributed by atoms with Gasteiger partial charge in [0.15, 0.2) is 5.82 Å². The van der Waals surface area contributed by atoms with Crippen LogP contribution >= 0.6 is 0 Å². The minimum atomic E-state index is -3.89. The van der Waals surface area contributed by atoms with E-state index in [0.717, 1.165) is 0 Å². The molecule has 0 radical (unpaired) electrons. The van der Waals surface area contributed by atoms with Crippen LogP contribution in [0.15, 0.2) is 44.6 Å². The average Bonchev–Trinajstić information content (AvgIpc) is 3.09. The van der Waals surface area contributed by atoms with Crippen molar-refractivity contribution in [2.75, 3.05) is 9.44 Å². The Bertz CT molecular complexity index is 1220. The molecule has 1 aromatic carbocycles. The van der Waals surface area contributed by atoms with Crippen molar-refractivity contribution in [3.05, 3.63) is 47.5 Å². The highest BCUT2D eigenvalue weighted by Gasteiger charge is 2.24. The van der Waals surface area contributed by atoms with Gasteiger partial charge in [0.2, 0.25) is 0 Å². The molecule has 2 N–H and O–H groups in total. The largest absolute Gasteiger partial charge is 0.360 e. The van der Waals surface area contributed by atoms with Crippen LogP contribution in [0.25, 0.3) is 0 Å². The third-order valence-corrected chi connectivity index (χ3v) is 7.00. The Balaban J connectivity index is 1.82. The highest BCUT2D eigenvalue weighted by atomic mass is 32.2. The summed E-state index contributed by atoms with van der Waals surface area (Å²) >= 11 is 0. The van der Waals surface area contributed by atoms with E-state index in [-0.39, 0.29) is 21.3 Å². The SMILES string of the molecule is Cc1cc(NS(=O)(=O)c2ccc(NS(=O)(=O)c3c(C)nn(C)c3C)cc2)no1. The van der Waals surface area contributed by atoms with Gasteiger partial charge in [0, 0.05) is 18.8 Å². The number of sulfonamides is 2. The van der Waals surface area contributed by atoms with Gasteiger partial charge in [-0.3, -0.25) is 14.1 Å². The number of hydrogen-bond acceptors (Lipinski definition) is 7. The maximum Gasteiger partial charge on any atom is 0.265 e. The molecular formula is C16H19N5O5S2. The number of nitrogens with zero attached hydrogens (tertiary/aromatic N) is 3. The summed E-state index contributed by atoms with van der Waals surface area (Å²) in [6.07, 6.45) is 0. The fourth-order valence-electron chi connectivity index (χ4n) is 2.66. The van der Waals surface area contributed by atoms with Crippen molar-refractivity contribution in [3.63, 3.8) is 0 Å². The van der Waals surface area contributed by atoms with Crippen LogP contribution in [0.1, 0.15) is 17.1 Å². The van der Waals surface area contributed by atoms with Crippen LogP contribution in [-0.4, -0.2) is 31.8 Å². The van der Waals surface area contributed by atoms with Crippen molar-refractivity contribution in [2.45, 2.75) is 30.6 Å². The number of nitrogens with one attached hydrogen (secondary N) is 2. The third-order valence-electron chi connectivity index (χ3n) is 4.00. The molecule has 150 valence electrons. The molecule has 0 aliphatic rings. The quantitative estimate of drug-likeness (QED) is 0.616. The Morgan fingerprint density at radius 2 is 1.61 bits per heavy atom. The standard InChI is InChI=1S/C16H19N5O5S2/c1-10-9-15(18-26-10)20-27(22,23)14-7-5-13(6-8-14)19-28(24,25)16-11(2)17-21(4)12(16)3/h5-9,19H,1-4H3,(H,18,20). The van der Waals surface area contributed by atoms with E-state index in [4.69, 9.17) is 4.52 Å². The molecule has 0 unspecified atom stereocenters. The van der Waals surface area contributed by atoms with E-state index in [1.165, 1.54) is 35.0 Å². The van der Waals surface area contributed by atoms with Gasteiger partial charge in [0.05, 0.1) is 16.3 Å². The molecule has 0 bridgehead atoms. The molecule has 10 nitrogen and oxygen atoms in total. The molecule has 3 rings (SSSR count). The maximum absolute atomic E-state index is 12.7. The van der Waals surface area contributed by atoms with Crippen LogP contribution < -0.4 is 9.44 Å². The summed E-state index contributed by atoms with van der Waals surface area (Å²) in [6.45, 7) is 4.90. The zero-order chi connectivity index (χ0) is 20.7. The van der Waals surface area contributed by atoms with E-state index in [1.54, 1.807) is 27.8 Å². The van der Waals surface area contributed by atoms with Gasteiger partial charge in [-0.1, -0.05) is 5.16 Å². The van der Waals surface area contributed by atoms with Crippen LogP contribution in [0.4, 0.5) is 11.5 Å². The molecule has 0 saturated carbocycles. The van der Waals surface area contributed by atoms with Gasteiger partial charge in [-0.25, -0.2) is 16.8 Å². The third kappa shape index (κ3) is 3.87. The van der Waals surface area contributed by atoms with Gasteiger partial charge in [-0.2, -0.15) is 5.10 Å². The van der Waals surface area contributed by atoms with E-state index in [9.17, 15) is 16.8 Å². The van der Waals surface area contributed by atoms with E-state index >= 15 is 0 Å². The summed E-state index contributed by atoms with van der Waals surface area (Å²) < 4.78 is 61.1. The Labute approximate surface area is 162 Å². The lowest BCUT2D eigenvalue weighted by Crippen LogP contribution is -2.16. The monoisotopic (exact) mass is 425 g/mol. The number of anilines is 2. The highest BCUT2D eigenvalue weighted by Crippen LogP contribution is 2.23. The van der Waals surface area contributed by atoms with Gasteiger partial charge in [-0.15, -0.1) is 0 Å². The van der Waals surface area contributed by atoms with Crippen LogP contribution in [0.2, 0.25) is 0 Å². The molecule has 28 heavy (non-hydrogen) atoms. The fraction of sp³-hybridized carbons (Fsp3) is 0.250. The number of benzene rings is 1. The van der Waals surface area contributed by atoms with E-state index in [0.29, 0.717) is 17.1 Å². The molecule has 0 amide bonds. The van der Waals surface area contributed by atoms with Crippen molar-refractivity contribution < 1.29 is 21.4 Å². The van der Waals surface area contributed by atoms with E-state index < -0.39 is 20.0 Å².